The number of carbonyl (C=O) groups is 1. The first kappa shape index (κ1) is 70.6. The highest BCUT2D eigenvalue weighted by atomic mass is 33.1. The first-order valence-corrected chi connectivity index (χ1v) is 36.7. The molecule has 0 radical (unpaired) electrons. The lowest BCUT2D eigenvalue weighted by molar-refractivity contribution is -0.438. The lowest BCUT2D eigenvalue weighted by atomic mass is 9.81. The average Bonchev–Trinajstić information content (AvgIpc) is 2.38. The number of carbonyl (C=O) groups excluding carboxylic acids is 1. The van der Waals surface area contributed by atoms with Crippen molar-refractivity contribution in [1.29, 1.82) is 0 Å². The summed E-state index contributed by atoms with van der Waals surface area (Å²) in [6.45, 7) is 14.5. The van der Waals surface area contributed by atoms with Crippen LogP contribution in [0, 0.1) is 11.8 Å². The Bertz CT molecular complexity index is 3970. The second-order valence-corrected chi connectivity index (χ2v) is 32.2. The zero-order chi connectivity index (χ0) is 65.0. The van der Waals surface area contributed by atoms with Crippen LogP contribution in [0.3, 0.4) is 0 Å². The van der Waals surface area contributed by atoms with Crippen LogP contribution in [0.1, 0.15) is 103 Å². The predicted octanol–water partition coefficient (Wildman–Crippen LogP) is 6.74. The van der Waals surface area contributed by atoms with Gasteiger partial charge in [-0.1, -0.05) is 65.5 Å². The lowest BCUT2D eigenvalue weighted by Gasteiger charge is -2.25. The normalized spacial score (nSPS) is 20.4. The number of H-pyrrole nitrogens is 1. The van der Waals surface area contributed by atoms with Crippen LogP contribution in [0.25, 0.3) is 11.0 Å². The van der Waals surface area contributed by atoms with Gasteiger partial charge in [-0.2, -0.15) is 35.0 Å². The number of nitrogens with zero attached hydrogens (tertiary/aromatic N) is 4. The molecule has 88 heavy (non-hydrogen) atoms. The third-order valence-electron chi connectivity index (χ3n) is 14.4. The average molecular weight is 1360 g/mol. The molecule has 0 spiro atoms. The van der Waals surface area contributed by atoms with Crippen molar-refractivity contribution in [3.63, 3.8) is 0 Å². The third-order valence-corrected chi connectivity index (χ3v) is 22.8. The summed E-state index contributed by atoms with van der Waals surface area (Å²) in [4.78, 5) is 76.5. The van der Waals surface area contributed by atoms with Crippen LogP contribution < -0.4 is 27.4 Å². The molecule has 5 atom stereocenters. The first-order valence-electron chi connectivity index (χ1n) is 26.9. The molecule has 3 aliphatic heterocycles. The van der Waals surface area contributed by atoms with Crippen molar-refractivity contribution in [2.45, 2.75) is 124 Å². The molecular weight excluding hydrogens is 1290 g/mol. The van der Waals surface area contributed by atoms with Crippen molar-refractivity contribution in [3.8, 4) is 11.8 Å². The van der Waals surface area contributed by atoms with Crippen LogP contribution in [0.2, 0.25) is 0 Å². The van der Waals surface area contributed by atoms with Crippen LogP contribution in [0.4, 0.5) is 17.3 Å². The van der Waals surface area contributed by atoms with E-state index in [1.54, 1.807) is 12.1 Å². The number of nitrogen functional groups attached to an aromatic ring is 1. The van der Waals surface area contributed by atoms with Gasteiger partial charge in [-0.15, -0.1) is 0 Å². The molecule has 3 unspecified atom stereocenters. The number of fused-ring (bicyclic) bond motifs is 3. The van der Waals surface area contributed by atoms with Crippen LogP contribution in [0.5, 0.6) is 0 Å². The molecule has 0 aliphatic carbocycles. The van der Waals surface area contributed by atoms with Crippen LogP contribution in [-0.2, 0) is 77.0 Å². The van der Waals surface area contributed by atoms with E-state index < -0.39 is 89.9 Å². The molecule has 4 aromatic rings. The molecule has 1 fully saturated rings. The number of phosphoric acid groups is 3. The maximum absolute atomic E-state index is 13.1. The van der Waals surface area contributed by atoms with Gasteiger partial charge in [-0.25, -0.2) is 19.6 Å². The van der Waals surface area contributed by atoms with Crippen molar-refractivity contribution >= 4 is 105 Å². The Morgan fingerprint density at radius 2 is 1.65 bits per heavy atom. The van der Waals surface area contributed by atoms with Crippen molar-refractivity contribution in [2.24, 2.45) is 5.90 Å². The Balaban J connectivity index is 0.885. The van der Waals surface area contributed by atoms with E-state index in [0.717, 1.165) is 33.9 Å². The largest absolute Gasteiger partial charge is 0.490 e. The monoisotopic (exact) mass is 1360 g/mol. The number of benzene rings is 2. The summed E-state index contributed by atoms with van der Waals surface area (Å²) in [5.74, 6) is 11.0. The molecule has 36 heteroatoms. The minimum Gasteiger partial charge on any atom is -0.369 e. The van der Waals surface area contributed by atoms with Crippen LogP contribution in [0.15, 0.2) is 93.3 Å². The molecule has 29 nitrogen and oxygen atoms in total. The summed E-state index contributed by atoms with van der Waals surface area (Å²) in [6, 6.07) is 9.17. The van der Waals surface area contributed by atoms with E-state index in [1.165, 1.54) is 56.6 Å². The number of likely N-dealkylation sites (N-methyl/N-ethyl adjacent to an activating group) is 1. The molecule has 2 aromatic heterocycles. The van der Waals surface area contributed by atoms with Gasteiger partial charge in [0, 0.05) is 77.8 Å². The number of allylic oxidation sites excluding steroid dienone is 6. The Morgan fingerprint density at radius 1 is 0.966 bits per heavy atom. The summed E-state index contributed by atoms with van der Waals surface area (Å²) in [5.41, 5.74) is 9.16. The van der Waals surface area contributed by atoms with Gasteiger partial charge in [0.15, 0.2) is 11.4 Å². The fourth-order valence-electron chi connectivity index (χ4n) is 10.3. The fraction of sp³-hybridized carbons (Fsp3) is 0.462. The molecule has 12 N–H and O–H groups in total. The highest BCUT2D eigenvalue weighted by molar-refractivity contribution is 8.77. The van der Waals surface area contributed by atoms with Crippen LogP contribution >= 0.6 is 45.1 Å². The zero-order valence-electron chi connectivity index (χ0n) is 48.7. The van der Waals surface area contributed by atoms with Crippen molar-refractivity contribution in [2.75, 3.05) is 49.4 Å². The van der Waals surface area contributed by atoms with Crippen LogP contribution in [-0.4, -0.2) is 132 Å². The van der Waals surface area contributed by atoms with E-state index in [0.29, 0.717) is 38.9 Å². The number of phosphoric ester groups is 1. The minimum absolute atomic E-state index is 0.0309. The van der Waals surface area contributed by atoms with Gasteiger partial charge in [-0.3, -0.25) is 33.0 Å². The second kappa shape index (κ2) is 27.9. The van der Waals surface area contributed by atoms with Gasteiger partial charge < -0.3 is 49.6 Å². The Morgan fingerprint density at radius 3 is 2.31 bits per heavy atom. The molecule has 0 bridgehead atoms. The minimum atomic E-state index is -5.79. The number of nitrogens with one attached hydrogen (secondary N) is 2. The quantitative estimate of drug-likeness (QED) is 0.00324. The molecule has 1 saturated heterocycles. The summed E-state index contributed by atoms with van der Waals surface area (Å²) >= 11 is 0. The SMILES string of the molecule is CCN1/C(=C/C=C/C=C/C2=[N+](CCCCCC(=O)NCC(C)(C)SSCOCC#Cc3cn([C@H]4CC(ON)[C@@H](COP(=O)(O)OP(=O)(O)OP(=O)(O)O)O4)c4nc(N)[nH]c(=O)c34)c3ccc(S(=O)(=O)O)cc3C2(C)C)C(C)(C)c2cc(S(=O)(=O)O)ccc21. The Hall–Kier alpha value is -4.85. The molecule has 5 heterocycles. The predicted molar refractivity (Wildman–Crippen MR) is 328 cm³/mol. The summed E-state index contributed by atoms with van der Waals surface area (Å²) in [6.07, 6.45) is 9.93. The molecule has 0 saturated carbocycles. The maximum Gasteiger partial charge on any atom is 0.490 e. The Kier molecular flexibility index (Phi) is 22.4. The zero-order valence-corrected chi connectivity index (χ0v) is 54.6. The summed E-state index contributed by atoms with van der Waals surface area (Å²) in [7, 11) is -22.9. The number of unbranched alkanes of at least 4 members (excludes halogenated alkanes) is 2. The number of hydrogen-bond acceptors (Lipinski definition) is 21. The van der Waals surface area contributed by atoms with Gasteiger partial charge in [-0.05, 0) is 89.4 Å². The molecular formula is C52H70N8O21P3S4+. The lowest BCUT2D eigenvalue weighted by Crippen LogP contribution is -2.35. The van der Waals surface area contributed by atoms with Gasteiger partial charge in [0.2, 0.25) is 17.5 Å². The topological polar surface area (TPSA) is 434 Å². The van der Waals surface area contributed by atoms with Crippen molar-refractivity contribution < 1.29 is 96.0 Å². The number of anilines is 2. The van der Waals surface area contributed by atoms with Gasteiger partial charge in [0.25, 0.3) is 25.8 Å². The molecule has 482 valence electrons. The molecule has 7 rings (SSSR count). The highest BCUT2D eigenvalue weighted by Crippen LogP contribution is 2.66. The fourth-order valence-corrected chi connectivity index (χ4v) is 16.5. The number of amides is 1. The number of aromatic nitrogens is 3. The maximum atomic E-state index is 13.1. The molecule has 1 amide bonds. The third kappa shape index (κ3) is 17.6. The van der Waals surface area contributed by atoms with E-state index in [2.05, 4.69) is 45.2 Å². The first-order chi connectivity index (χ1) is 40.9. The molecule has 2 aromatic carbocycles. The van der Waals surface area contributed by atoms with E-state index in [-0.39, 0.29) is 63.6 Å². The summed E-state index contributed by atoms with van der Waals surface area (Å²) in [5, 5.41) is 3.05. The standard InChI is InChI=1S/C52H69N8O21P3S4/c1-8-58-38-22-20-34(87(70,71)72)26-36(38)51(4,5)42(58)17-11-9-12-18-43-52(6,7)37-27-35(88(73,74)75)21-23-39(37)59(43)24-14-10-13-19-44(61)55-31-50(2,3)86-85-32-76-25-15-16-33-29-60(47-46(33)48(62)57-49(53)56-47)45-28-40(79-54)41(78-45)30-77-83(66,67)81-84(68,69)80-82(63,64)65/h9,11-12,17-18,20-23,26-27,29,40-41,45H,8,10,13-14,19,24-25,28,30-32,54H2,1-7H3,(H9-,53,55,56,57,61,62,63,64,65,66,67,68,69,70,71,72,73,74,75)/p+1/t40?,41-,45-/m1/s1. The summed E-state index contributed by atoms with van der Waals surface area (Å²) < 4.78 is 130. The van der Waals surface area contributed by atoms with Gasteiger partial charge >= 0.3 is 23.5 Å². The van der Waals surface area contributed by atoms with E-state index in [4.69, 9.17) is 40.3 Å². The highest BCUT2D eigenvalue weighted by Gasteiger charge is 2.46. The number of ether oxygens (including phenoxy) is 2. The van der Waals surface area contributed by atoms with E-state index in [1.807, 2.05) is 78.8 Å². The number of rotatable bonds is 28. The number of aromatic amines is 1. The molecule has 3 aliphatic rings. The van der Waals surface area contributed by atoms with E-state index in [9.17, 15) is 59.0 Å². The van der Waals surface area contributed by atoms with Crippen molar-refractivity contribution in [3.05, 3.63) is 106 Å². The smallest absolute Gasteiger partial charge is 0.369 e. The van der Waals surface area contributed by atoms with E-state index >= 15 is 0 Å². The number of hydrogen-bond donors (Lipinski definition) is 10. The van der Waals surface area contributed by atoms with Gasteiger partial charge in [0.05, 0.1) is 32.8 Å². The van der Waals surface area contributed by atoms with Gasteiger partial charge in [0.1, 0.15) is 37.5 Å². The second-order valence-electron chi connectivity index (χ2n) is 22.0. The number of nitrogens with two attached hydrogens (primary N) is 2. The van der Waals surface area contributed by atoms with Crippen molar-refractivity contribution in [1.82, 2.24) is 19.9 Å². The Labute approximate surface area is 515 Å².